The average molecular weight is 434 g/mol. The monoisotopic (exact) mass is 433 g/mol. The highest BCUT2D eigenvalue weighted by Gasteiger charge is 2.29. The molecule has 3 rings (SSSR count). The summed E-state index contributed by atoms with van der Waals surface area (Å²) in [5.41, 5.74) is -0.136. The zero-order valence-corrected chi connectivity index (χ0v) is 16.9. The van der Waals surface area contributed by atoms with Crippen LogP contribution in [0.2, 0.25) is 5.02 Å². The number of carbonyl (C=O) groups excluding carboxylic acids is 2. The van der Waals surface area contributed by atoms with Crippen LogP contribution in [0.25, 0.3) is 0 Å². The van der Waals surface area contributed by atoms with Crippen molar-refractivity contribution in [1.29, 1.82) is 0 Å². The third-order valence-electron chi connectivity index (χ3n) is 4.74. The molecule has 30 heavy (non-hydrogen) atoms. The molecule has 1 unspecified atom stereocenters. The van der Waals surface area contributed by atoms with Crippen LogP contribution in [0, 0.1) is 16.0 Å². The Labute approximate surface area is 177 Å². The van der Waals surface area contributed by atoms with Gasteiger partial charge in [0.25, 0.3) is 11.6 Å². The Bertz CT molecular complexity index is 934. The van der Waals surface area contributed by atoms with Gasteiger partial charge in [0.15, 0.2) is 6.10 Å². The molecule has 1 N–H and O–H groups in total. The van der Waals surface area contributed by atoms with E-state index in [9.17, 15) is 19.7 Å². The number of benzene rings is 1. The van der Waals surface area contributed by atoms with E-state index in [4.69, 9.17) is 16.3 Å². The van der Waals surface area contributed by atoms with Crippen molar-refractivity contribution < 1.29 is 19.2 Å². The van der Waals surface area contributed by atoms with Gasteiger partial charge in [0.1, 0.15) is 0 Å². The summed E-state index contributed by atoms with van der Waals surface area (Å²) in [5.74, 6) is -0.801. The molecule has 2 heterocycles. The van der Waals surface area contributed by atoms with Crippen LogP contribution in [-0.2, 0) is 14.3 Å². The first-order valence-electron chi connectivity index (χ1n) is 9.32. The fourth-order valence-corrected chi connectivity index (χ4v) is 3.22. The number of nitrogens with one attached hydrogen (secondary N) is 1. The lowest BCUT2D eigenvalue weighted by Crippen LogP contribution is -2.39. The molecule has 0 saturated carbocycles. The number of nitrogens with zero attached hydrogens (tertiary/aromatic N) is 4. The van der Waals surface area contributed by atoms with E-state index in [0.29, 0.717) is 31.9 Å². The summed E-state index contributed by atoms with van der Waals surface area (Å²) in [6, 6.07) is 5.43. The van der Waals surface area contributed by atoms with Gasteiger partial charge >= 0.3 is 5.97 Å². The lowest BCUT2D eigenvalue weighted by Gasteiger charge is -2.31. The molecule has 0 bridgehead atoms. The van der Waals surface area contributed by atoms with Gasteiger partial charge in [-0.25, -0.2) is 9.97 Å². The van der Waals surface area contributed by atoms with Gasteiger partial charge in [0, 0.05) is 37.6 Å². The van der Waals surface area contributed by atoms with E-state index in [0.717, 1.165) is 6.07 Å². The van der Waals surface area contributed by atoms with Crippen molar-refractivity contribution in [2.45, 2.75) is 25.9 Å². The molecule has 1 atom stereocenters. The molecule has 1 aliphatic heterocycles. The number of esters is 1. The summed E-state index contributed by atoms with van der Waals surface area (Å²) < 4.78 is 5.30. The SMILES string of the molecule is CC(OC(=O)C1CCN(c2ncccn2)CC1)C(=O)Nc1cc([N+](=O)[O-])ccc1Cl. The molecule has 2 aromatic rings. The smallest absolute Gasteiger partial charge is 0.309 e. The second-order valence-electron chi connectivity index (χ2n) is 6.80. The van der Waals surface area contributed by atoms with Crippen molar-refractivity contribution in [3.05, 3.63) is 51.8 Å². The van der Waals surface area contributed by atoms with E-state index < -0.39 is 22.9 Å². The molecule has 1 aromatic heterocycles. The minimum atomic E-state index is -1.08. The highest BCUT2D eigenvalue weighted by atomic mass is 35.5. The van der Waals surface area contributed by atoms with Crippen LogP contribution >= 0.6 is 11.6 Å². The van der Waals surface area contributed by atoms with Crippen molar-refractivity contribution in [1.82, 2.24) is 9.97 Å². The molecule has 11 heteroatoms. The molecule has 0 aliphatic carbocycles. The van der Waals surface area contributed by atoms with Crippen molar-refractivity contribution in [2.24, 2.45) is 5.92 Å². The Hall–Kier alpha value is -3.27. The van der Waals surface area contributed by atoms with Crippen molar-refractivity contribution in [2.75, 3.05) is 23.3 Å². The van der Waals surface area contributed by atoms with Gasteiger partial charge in [-0.3, -0.25) is 19.7 Å². The van der Waals surface area contributed by atoms with Crippen LogP contribution < -0.4 is 10.2 Å². The van der Waals surface area contributed by atoms with Crippen molar-refractivity contribution in [3.63, 3.8) is 0 Å². The van der Waals surface area contributed by atoms with Gasteiger partial charge in [-0.2, -0.15) is 0 Å². The van der Waals surface area contributed by atoms with Gasteiger partial charge in [-0.1, -0.05) is 11.6 Å². The Balaban J connectivity index is 1.53. The third kappa shape index (κ3) is 5.20. The topological polar surface area (TPSA) is 128 Å². The number of non-ortho nitro benzene ring substituents is 1. The van der Waals surface area contributed by atoms with E-state index in [2.05, 4.69) is 15.3 Å². The number of ether oxygens (including phenoxy) is 1. The highest BCUT2D eigenvalue weighted by Crippen LogP contribution is 2.27. The van der Waals surface area contributed by atoms with Gasteiger partial charge < -0.3 is 15.0 Å². The second kappa shape index (κ2) is 9.49. The van der Waals surface area contributed by atoms with Gasteiger partial charge in [0.05, 0.1) is 21.6 Å². The average Bonchev–Trinajstić information content (AvgIpc) is 2.75. The quantitative estimate of drug-likeness (QED) is 0.418. The summed E-state index contributed by atoms with van der Waals surface area (Å²) in [7, 11) is 0. The van der Waals surface area contributed by atoms with E-state index in [-0.39, 0.29) is 22.3 Å². The Morgan fingerprint density at radius 2 is 1.97 bits per heavy atom. The maximum atomic E-state index is 12.5. The first-order valence-corrected chi connectivity index (χ1v) is 9.70. The summed E-state index contributed by atoms with van der Waals surface area (Å²) in [4.78, 5) is 45.5. The number of hydrogen-bond donors (Lipinski definition) is 1. The molecule has 1 aromatic carbocycles. The molecular formula is C19H20ClN5O5. The number of halogens is 1. The number of aromatic nitrogens is 2. The van der Waals surface area contributed by atoms with E-state index in [1.165, 1.54) is 19.1 Å². The molecule has 158 valence electrons. The lowest BCUT2D eigenvalue weighted by molar-refractivity contribution is -0.384. The molecular weight excluding hydrogens is 414 g/mol. The number of rotatable bonds is 6. The third-order valence-corrected chi connectivity index (χ3v) is 5.07. The zero-order chi connectivity index (χ0) is 21.7. The van der Waals surface area contributed by atoms with Crippen molar-refractivity contribution in [3.8, 4) is 0 Å². The fraction of sp³-hybridized carbons (Fsp3) is 0.368. The normalized spacial score (nSPS) is 15.3. The van der Waals surface area contributed by atoms with E-state index in [1.54, 1.807) is 18.5 Å². The van der Waals surface area contributed by atoms with Crippen LogP contribution in [0.1, 0.15) is 19.8 Å². The predicted molar refractivity (Wildman–Crippen MR) is 109 cm³/mol. The molecule has 1 aliphatic rings. The number of hydrogen-bond acceptors (Lipinski definition) is 8. The predicted octanol–water partition coefficient (Wildman–Crippen LogP) is 2.83. The Morgan fingerprint density at radius 1 is 1.30 bits per heavy atom. The molecule has 0 radical (unpaired) electrons. The van der Waals surface area contributed by atoms with Gasteiger partial charge in [-0.05, 0) is 31.9 Å². The number of nitro benzene ring substituents is 1. The summed E-state index contributed by atoms with van der Waals surface area (Å²) in [6.07, 6.45) is 3.36. The minimum absolute atomic E-state index is 0.0786. The molecule has 10 nitrogen and oxygen atoms in total. The van der Waals surface area contributed by atoms with Crippen molar-refractivity contribution >= 4 is 40.8 Å². The number of amides is 1. The maximum Gasteiger partial charge on any atom is 0.309 e. The standard InChI is InChI=1S/C19H20ClN5O5/c1-12(17(26)23-16-11-14(25(28)29)3-4-15(16)20)30-18(27)13-5-9-24(10-6-13)19-21-7-2-8-22-19/h2-4,7-8,11-13H,5-6,9-10H2,1H3,(H,23,26). The zero-order valence-electron chi connectivity index (χ0n) is 16.2. The van der Waals surface area contributed by atoms with Gasteiger partial charge in [-0.15, -0.1) is 0 Å². The summed E-state index contributed by atoms with van der Waals surface area (Å²) in [6.45, 7) is 2.65. The minimum Gasteiger partial charge on any atom is -0.452 e. The van der Waals surface area contributed by atoms with E-state index >= 15 is 0 Å². The van der Waals surface area contributed by atoms with Crippen LogP contribution in [-0.4, -0.2) is 46.0 Å². The van der Waals surface area contributed by atoms with Crippen LogP contribution in [0.3, 0.4) is 0 Å². The Morgan fingerprint density at radius 3 is 2.60 bits per heavy atom. The maximum absolute atomic E-state index is 12.5. The second-order valence-corrected chi connectivity index (χ2v) is 7.21. The van der Waals surface area contributed by atoms with Crippen LogP contribution in [0.15, 0.2) is 36.7 Å². The number of anilines is 2. The van der Waals surface area contributed by atoms with Gasteiger partial charge in [0.2, 0.25) is 5.95 Å². The largest absolute Gasteiger partial charge is 0.452 e. The number of nitro groups is 1. The van der Waals surface area contributed by atoms with Crippen LogP contribution in [0.4, 0.5) is 17.3 Å². The summed E-state index contributed by atoms with van der Waals surface area (Å²) >= 11 is 5.98. The summed E-state index contributed by atoms with van der Waals surface area (Å²) in [5, 5.41) is 13.5. The molecule has 1 amide bonds. The molecule has 1 fully saturated rings. The number of carbonyl (C=O) groups is 2. The van der Waals surface area contributed by atoms with E-state index in [1.807, 2.05) is 4.90 Å². The number of piperidine rings is 1. The Kier molecular flexibility index (Phi) is 6.78. The first kappa shape index (κ1) is 21.4. The highest BCUT2D eigenvalue weighted by molar-refractivity contribution is 6.33. The lowest BCUT2D eigenvalue weighted by atomic mass is 9.97. The fourth-order valence-electron chi connectivity index (χ4n) is 3.05. The first-order chi connectivity index (χ1) is 14.3. The molecule has 1 saturated heterocycles. The van der Waals surface area contributed by atoms with Crippen LogP contribution in [0.5, 0.6) is 0 Å². The molecule has 0 spiro atoms.